The molecule has 23 heavy (non-hydrogen) atoms. The monoisotopic (exact) mass is 343 g/mol. The van der Waals surface area contributed by atoms with Crippen molar-refractivity contribution >= 4 is 22.5 Å². The minimum absolute atomic E-state index is 0.0508. The molecule has 0 atom stereocenters. The van der Waals surface area contributed by atoms with Crippen LogP contribution in [-0.4, -0.2) is 38.0 Å². The largest absolute Gasteiger partial charge is 0.492 e. The number of halogens is 3. The van der Waals surface area contributed by atoms with Gasteiger partial charge in [-0.25, -0.2) is 13.8 Å². The van der Waals surface area contributed by atoms with E-state index < -0.39 is 6.43 Å². The lowest BCUT2D eigenvalue weighted by molar-refractivity contribution is 0.101. The summed E-state index contributed by atoms with van der Waals surface area (Å²) in [5.41, 5.74) is 0.110. The van der Waals surface area contributed by atoms with Crippen LogP contribution in [0.3, 0.4) is 0 Å². The van der Waals surface area contributed by atoms with E-state index in [0.717, 1.165) is 0 Å². The number of alkyl halides is 2. The zero-order valence-electron chi connectivity index (χ0n) is 12.3. The lowest BCUT2D eigenvalue weighted by atomic mass is 10.1. The van der Waals surface area contributed by atoms with E-state index >= 15 is 0 Å². The van der Waals surface area contributed by atoms with Crippen molar-refractivity contribution in [1.29, 1.82) is 0 Å². The summed E-state index contributed by atoms with van der Waals surface area (Å²) in [7, 11) is 0. The van der Waals surface area contributed by atoms with E-state index in [2.05, 4.69) is 4.98 Å². The quantitative estimate of drug-likeness (QED) is 0.845. The van der Waals surface area contributed by atoms with E-state index in [-0.39, 0.29) is 11.6 Å². The summed E-state index contributed by atoms with van der Waals surface area (Å²) in [6.07, 6.45) is -2.66. The molecule has 2 aromatic rings. The Kier molecular flexibility index (Phi) is 5.25. The molecule has 0 saturated carbocycles. The van der Waals surface area contributed by atoms with Crippen molar-refractivity contribution in [1.82, 2.24) is 4.98 Å². The lowest BCUT2D eigenvalue weighted by Gasteiger charge is -2.16. The smallest absolute Gasteiger partial charge is 0.280 e. The Morgan fingerprint density at radius 2 is 1.96 bits per heavy atom. The molecular formula is C16H16ClF2NO3. The summed E-state index contributed by atoms with van der Waals surface area (Å²) in [4.78, 5) is 3.95. The molecule has 0 N–H and O–H groups in total. The highest BCUT2D eigenvalue weighted by Crippen LogP contribution is 2.31. The molecule has 7 heteroatoms. The molecule has 0 unspecified atom stereocenters. The van der Waals surface area contributed by atoms with Crippen LogP contribution < -0.4 is 4.74 Å². The second kappa shape index (κ2) is 7.38. The second-order valence-corrected chi connectivity index (χ2v) is 5.77. The minimum Gasteiger partial charge on any atom is -0.492 e. The van der Waals surface area contributed by atoms with Gasteiger partial charge in [0, 0.05) is 22.4 Å². The topological polar surface area (TPSA) is 40.6 Å². The van der Waals surface area contributed by atoms with Gasteiger partial charge in [0.1, 0.15) is 11.4 Å². The molecule has 0 bridgehead atoms. The number of nitrogens with zero attached hydrogens (tertiary/aromatic N) is 1. The molecule has 124 valence electrons. The van der Waals surface area contributed by atoms with Gasteiger partial charge >= 0.3 is 0 Å². The molecule has 1 aromatic heterocycles. The number of hydrogen-bond donors (Lipinski definition) is 0. The molecule has 0 spiro atoms. The first-order chi connectivity index (χ1) is 11.1. The molecule has 1 saturated heterocycles. The van der Waals surface area contributed by atoms with Crippen molar-refractivity contribution in [2.45, 2.75) is 6.43 Å². The van der Waals surface area contributed by atoms with Crippen molar-refractivity contribution in [3.05, 3.63) is 35.0 Å². The first-order valence-electron chi connectivity index (χ1n) is 7.30. The average Bonchev–Trinajstić information content (AvgIpc) is 2.81. The number of rotatable bonds is 4. The number of aromatic nitrogens is 1. The number of pyridine rings is 1. The summed E-state index contributed by atoms with van der Waals surface area (Å²) in [5.74, 6) is 0.395. The molecule has 0 aliphatic carbocycles. The van der Waals surface area contributed by atoms with Crippen LogP contribution in [0.25, 0.3) is 10.9 Å². The molecule has 1 aliphatic heterocycles. The highest BCUT2D eigenvalue weighted by molar-refractivity contribution is 6.31. The molecule has 3 rings (SSSR count). The van der Waals surface area contributed by atoms with Gasteiger partial charge in [-0.3, -0.25) is 0 Å². The van der Waals surface area contributed by atoms with E-state index in [1.54, 1.807) is 18.2 Å². The molecule has 1 aromatic carbocycles. The van der Waals surface area contributed by atoms with Gasteiger partial charge in [-0.2, -0.15) is 0 Å². The Balaban J connectivity index is 1.86. The van der Waals surface area contributed by atoms with Crippen LogP contribution in [0.1, 0.15) is 12.1 Å². The minimum atomic E-state index is -2.66. The van der Waals surface area contributed by atoms with E-state index in [0.29, 0.717) is 54.7 Å². The third kappa shape index (κ3) is 4.07. The van der Waals surface area contributed by atoms with E-state index in [9.17, 15) is 8.78 Å². The molecular weight excluding hydrogens is 328 g/mol. The summed E-state index contributed by atoms with van der Waals surface area (Å²) in [5, 5.41) is 1.10. The highest BCUT2D eigenvalue weighted by Gasteiger charge is 2.17. The maximum Gasteiger partial charge on any atom is 0.280 e. The van der Waals surface area contributed by atoms with Crippen LogP contribution in [0.4, 0.5) is 8.78 Å². The molecule has 0 amide bonds. The Labute approximate surface area is 137 Å². The Morgan fingerprint density at radius 3 is 2.65 bits per heavy atom. The van der Waals surface area contributed by atoms with Crippen LogP contribution in [0.2, 0.25) is 5.02 Å². The van der Waals surface area contributed by atoms with Crippen molar-refractivity contribution in [3.8, 4) is 5.75 Å². The fourth-order valence-corrected chi connectivity index (χ4v) is 2.56. The molecule has 1 fully saturated rings. The summed E-state index contributed by atoms with van der Waals surface area (Å²) in [6.45, 7) is 2.46. The second-order valence-electron chi connectivity index (χ2n) is 5.33. The van der Waals surface area contributed by atoms with Crippen molar-refractivity contribution < 1.29 is 23.0 Å². The predicted molar refractivity (Wildman–Crippen MR) is 82.3 cm³/mol. The van der Waals surface area contributed by atoms with E-state index in [4.69, 9.17) is 25.8 Å². The van der Waals surface area contributed by atoms with Gasteiger partial charge in [0.05, 0.1) is 38.6 Å². The van der Waals surface area contributed by atoms with Crippen molar-refractivity contribution in [2.24, 2.45) is 5.92 Å². The van der Waals surface area contributed by atoms with Crippen LogP contribution in [-0.2, 0) is 9.47 Å². The maximum absolute atomic E-state index is 13.0. The standard InChI is InChI=1S/C16H16ClF2NO3/c17-11-1-2-13-12(5-11)15(6-14(20-13)16(18)19)23-9-10-7-21-3-4-22-8-10/h1-2,5-6,10,16H,3-4,7-9H2. The van der Waals surface area contributed by atoms with Gasteiger partial charge in [0.15, 0.2) is 0 Å². The summed E-state index contributed by atoms with van der Waals surface area (Å²) in [6, 6.07) is 6.15. The average molecular weight is 344 g/mol. The Bertz CT molecular complexity index is 676. The van der Waals surface area contributed by atoms with Crippen molar-refractivity contribution in [2.75, 3.05) is 33.0 Å². The lowest BCUT2D eigenvalue weighted by Crippen LogP contribution is -2.20. The third-order valence-electron chi connectivity index (χ3n) is 3.53. The van der Waals surface area contributed by atoms with Gasteiger partial charge in [-0.05, 0) is 18.2 Å². The van der Waals surface area contributed by atoms with Crippen LogP contribution in [0.15, 0.2) is 24.3 Å². The van der Waals surface area contributed by atoms with Gasteiger partial charge < -0.3 is 14.2 Å². The fraction of sp³-hybridized carbons (Fsp3) is 0.438. The van der Waals surface area contributed by atoms with Crippen LogP contribution in [0, 0.1) is 5.92 Å². The molecule has 2 heterocycles. The number of hydrogen-bond acceptors (Lipinski definition) is 4. The number of benzene rings is 1. The zero-order valence-corrected chi connectivity index (χ0v) is 13.1. The van der Waals surface area contributed by atoms with E-state index in [1.807, 2.05) is 0 Å². The zero-order chi connectivity index (χ0) is 16.2. The third-order valence-corrected chi connectivity index (χ3v) is 3.76. The SMILES string of the molecule is FC(F)c1cc(OCC2COCCOC2)c2cc(Cl)ccc2n1. The van der Waals surface area contributed by atoms with Gasteiger partial charge in [-0.1, -0.05) is 11.6 Å². The van der Waals surface area contributed by atoms with Crippen LogP contribution >= 0.6 is 11.6 Å². The predicted octanol–water partition coefficient (Wildman–Crippen LogP) is 3.87. The van der Waals surface area contributed by atoms with Crippen LogP contribution in [0.5, 0.6) is 5.75 Å². The normalized spacial score (nSPS) is 16.7. The fourth-order valence-electron chi connectivity index (χ4n) is 2.39. The number of ether oxygens (including phenoxy) is 3. The van der Waals surface area contributed by atoms with Crippen molar-refractivity contribution in [3.63, 3.8) is 0 Å². The van der Waals surface area contributed by atoms with E-state index in [1.165, 1.54) is 6.07 Å². The number of fused-ring (bicyclic) bond motifs is 1. The summed E-state index contributed by atoms with van der Waals surface area (Å²) >= 11 is 5.99. The Hall–Kier alpha value is -1.50. The molecule has 1 aliphatic rings. The first kappa shape index (κ1) is 16.4. The summed E-state index contributed by atoms with van der Waals surface area (Å²) < 4.78 is 42.6. The first-order valence-corrected chi connectivity index (χ1v) is 7.68. The van der Waals surface area contributed by atoms with Gasteiger partial charge in [0.25, 0.3) is 6.43 Å². The molecule has 4 nitrogen and oxygen atoms in total. The Morgan fingerprint density at radius 1 is 1.22 bits per heavy atom. The maximum atomic E-state index is 13.0. The highest BCUT2D eigenvalue weighted by atomic mass is 35.5. The van der Waals surface area contributed by atoms with Gasteiger partial charge in [0.2, 0.25) is 0 Å². The molecule has 0 radical (unpaired) electrons. The van der Waals surface area contributed by atoms with Gasteiger partial charge in [-0.15, -0.1) is 0 Å².